The van der Waals surface area contributed by atoms with Crippen molar-refractivity contribution in [2.75, 3.05) is 26.7 Å². The van der Waals surface area contributed by atoms with Gasteiger partial charge in [0.15, 0.2) is 0 Å². The van der Waals surface area contributed by atoms with Crippen molar-refractivity contribution in [3.8, 4) is 0 Å². The fraction of sp³-hybridized carbons (Fsp3) is 0.833. The minimum Gasteiger partial charge on any atom is -0.481 e. The van der Waals surface area contributed by atoms with Crippen LogP contribution in [0, 0.1) is 0 Å². The van der Waals surface area contributed by atoms with Crippen LogP contribution >= 0.6 is 0 Å². The molecule has 1 unspecified atom stereocenters. The molecule has 2 N–H and O–H groups in total. The number of nitrogens with one attached hydrogen (secondary N) is 1. The van der Waals surface area contributed by atoms with Gasteiger partial charge in [0.25, 0.3) is 0 Å². The van der Waals surface area contributed by atoms with E-state index in [1.165, 1.54) is 0 Å². The monoisotopic (exact) mass is 260 g/mol. The van der Waals surface area contributed by atoms with Gasteiger partial charge in [-0.05, 0) is 13.3 Å². The highest BCUT2D eigenvalue weighted by Crippen LogP contribution is 1.98. The third kappa shape index (κ3) is 7.89. The molecule has 18 heavy (non-hydrogen) atoms. The van der Waals surface area contributed by atoms with Crippen molar-refractivity contribution in [3.05, 3.63) is 0 Å². The summed E-state index contributed by atoms with van der Waals surface area (Å²) in [4.78, 5) is 23.8. The van der Waals surface area contributed by atoms with Crippen LogP contribution in [0.1, 0.15) is 33.1 Å². The van der Waals surface area contributed by atoms with Crippen LogP contribution < -0.4 is 5.32 Å². The summed E-state index contributed by atoms with van der Waals surface area (Å²) in [6.45, 7) is 5.20. The van der Waals surface area contributed by atoms with E-state index < -0.39 is 12.1 Å². The summed E-state index contributed by atoms with van der Waals surface area (Å²) in [6, 6.07) is -0.196. The van der Waals surface area contributed by atoms with Crippen molar-refractivity contribution in [2.24, 2.45) is 0 Å². The molecule has 2 amide bonds. The number of nitrogens with zero attached hydrogens (tertiary/aromatic N) is 1. The number of hydrogen-bond donors (Lipinski definition) is 2. The summed E-state index contributed by atoms with van der Waals surface area (Å²) < 4.78 is 5.25. The van der Waals surface area contributed by atoms with Gasteiger partial charge >= 0.3 is 12.0 Å². The van der Waals surface area contributed by atoms with Crippen molar-refractivity contribution in [1.82, 2.24) is 10.2 Å². The van der Waals surface area contributed by atoms with E-state index in [0.717, 1.165) is 12.8 Å². The van der Waals surface area contributed by atoms with Crippen molar-refractivity contribution >= 4 is 12.0 Å². The Morgan fingerprint density at radius 2 is 2.06 bits per heavy atom. The number of carbonyl (C=O) groups is 2. The molecule has 0 aromatic carbocycles. The second-order valence-electron chi connectivity index (χ2n) is 4.14. The van der Waals surface area contributed by atoms with Crippen molar-refractivity contribution in [1.29, 1.82) is 0 Å². The van der Waals surface area contributed by atoms with Crippen LogP contribution in [0.3, 0.4) is 0 Å². The first-order valence-electron chi connectivity index (χ1n) is 6.33. The van der Waals surface area contributed by atoms with E-state index in [2.05, 4.69) is 12.2 Å². The first-order valence-corrected chi connectivity index (χ1v) is 6.33. The second-order valence-corrected chi connectivity index (χ2v) is 4.14. The van der Waals surface area contributed by atoms with Crippen LogP contribution in [0.4, 0.5) is 4.79 Å². The second kappa shape index (κ2) is 9.70. The smallest absolute Gasteiger partial charge is 0.317 e. The molecule has 0 aliphatic carbocycles. The maximum Gasteiger partial charge on any atom is 0.317 e. The van der Waals surface area contributed by atoms with Crippen molar-refractivity contribution in [2.45, 2.75) is 39.2 Å². The van der Waals surface area contributed by atoms with Gasteiger partial charge < -0.3 is 20.1 Å². The molecule has 6 heteroatoms. The van der Waals surface area contributed by atoms with E-state index in [4.69, 9.17) is 9.84 Å². The first-order chi connectivity index (χ1) is 8.51. The molecular formula is C12H24N2O4. The summed E-state index contributed by atoms with van der Waals surface area (Å²) in [7, 11) is 1.72. The van der Waals surface area contributed by atoms with Crippen LogP contribution in [0.15, 0.2) is 0 Å². The summed E-state index contributed by atoms with van der Waals surface area (Å²) in [5, 5.41) is 11.4. The Labute approximate surface area is 108 Å². The normalized spacial score (nSPS) is 11.9. The lowest BCUT2D eigenvalue weighted by Crippen LogP contribution is -2.42. The van der Waals surface area contributed by atoms with Crippen LogP contribution in [-0.2, 0) is 9.53 Å². The fourth-order valence-corrected chi connectivity index (χ4v) is 1.45. The number of carboxylic acids is 1. The highest BCUT2D eigenvalue weighted by Gasteiger charge is 2.15. The minimum absolute atomic E-state index is 0.104. The molecule has 1 atom stereocenters. The quantitative estimate of drug-likeness (QED) is 0.655. The number of urea groups is 1. The molecule has 0 radical (unpaired) electrons. The first kappa shape index (κ1) is 16.7. The molecule has 0 fully saturated rings. The third-order valence-electron chi connectivity index (χ3n) is 2.48. The van der Waals surface area contributed by atoms with Crippen LogP contribution in [0.25, 0.3) is 0 Å². The molecule has 106 valence electrons. The van der Waals surface area contributed by atoms with Gasteiger partial charge in [-0.2, -0.15) is 0 Å². The molecule has 0 aromatic rings. The number of ether oxygens (including phenoxy) is 1. The number of unbranched alkanes of at least 4 members (excludes halogenated alkanes) is 1. The lowest BCUT2D eigenvalue weighted by molar-refractivity contribution is -0.140. The lowest BCUT2D eigenvalue weighted by Gasteiger charge is -2.20. The van der Waals surface area contributed by atoms with Gasteiger partial charge in [-0.25, -0.2) is 4.79 Å². The number of amides is 2. The van der Waals surface area contributed by atoms with Gasteiger partial charge in [0.05, 0.1) is 12.5 Å². The third-order valence-corrected chi connectivity index (χ3v) is 2.48. The average Bonchev–Trinajstić information content (AvgIpc) is 2.32. The molecule has 0 aromatic heterocycles. The van der Waals surface area contributed by atoms with Gasteiger partial charge in [0, 0.05) is 26.7 Å². The Hall–Kier alpha value is -1.30. The highest BCUT2D eigenvalue weighted by molar-refractivity contribution is 5.74. The molecule has 0 bridgehead atoms. The molecular weight excluding hydrogens is 236 g/mol. The van der Waals surface area contributed by atoms with Crippen LogP contribution in [0.2, 0.25) is 0 Å². The van der Waals surface area contributed by atoms with E-state index in [1.54, 1.807) is 18.9 Å². The van der Waals surface area contributed by atoms with Crippen molar-refractivity contribution < 1.29 is 19.4 Å². The number of rotatable bonds is 9. The van der Waals surface area contributed by atoms with Gasteiger partial charge in [0.1, 0.15) is 0 Å². The molecule has 0 aliphatic rings. The molecule has 0 aliphatic heterocycles. The maximum atomic E-state index is 11.7. The zero-order valence-electron chi connectivity index (χ0n) is 11.4. The van der Waals surface area contributed by atoms with E-state index in [1.807, 2.05) is 0 Å². The van der Waals surface area contributed by atoms with Crippen molar-refractivity contribution in [3.63, 3.8) is 0 Å². The van der Waals surface area contributed by atoms with E-state index in [9.17, 15) is 9.59 Å². The molecule has 0 saturated heterocycles. The van der Waals surface area contributed by atoms with E-state index >= 15 is 0 Å². The SMILES string of the molecule is CCCCN(C)C(=O)NCC(CC(=O)O)OCC. The number of hydrogen-bond acceptors (Lipinski definition) is 3. The van der Waals surface area contributed by atoms with E-state index in [0.29, 0.717) is 13.2 Å². The Morgan fingerprint density at radius 3 is 2.56 bits per heavy atom. The maximum absolute atomic E-state index is 11.7. The summed E-state index contributed by atoms with van der Waals surface area (Å²) in [5.41, 5.74) is 0. The number of carboxylic acid groups (broad SMARTS) is 1. The van der Waals surface area contributed by atoms with E-state index in [-0.39, 0.29) is 19.0 Å². The Balaban J connectivity index is 4.01. The lowest BCUT2D eigenvalue weighted by atomic mass is 10.2. The Kier molecular flexibility index (Phi) is 9.00. The topological polar surface area (TPSA) is 78.9 Å². The average molecular weight is 260 g/mol. The summed E-state index contributed by atoms with van der Waals surface area (Å²) in [5.74, 6) is -0.929. The number of aliphatic carboxylic acids is 1. The minimum atomic E-state index is -0.929. The summed E-state index contributed by atoms with van der Waals surface area (Å²) >= 11 is 0. The van der Waals surface area contributed by atoms with Gasteiger partial charge in [-0.1, -0.05) is 13.3 Å². The molecule has 6 nitrogen and oxygen atoms in total. The molecule has 0 spiro atoms. The molecule has 0 heterocycles. The number of carbonyl (C=O) groups excluding carboxylic acids is 1. The van der Waals surface area contributed by atoms with Crippen LogP contribution in [-0.4, -0.2) is 54.9 Å². The van der Waals surface area contributed by atoms with Gasteiger partial charge in [-0.3, -0.25) is 4.79 Å². The predicted octanol–water partition coefficient (Wildman–Crippen LogP) is 1.31. The fourth-order valence-electron chi connectivity index (χ4n) is 1.45. The largest absolute Gasteiger partial charge is 0.481 e. The Morgan fingerprint density at radius 1 is 1.39 bits per heavy atom. The van der Waals surface area contributed by atoms with Gasteiger partial charge in [0.2, 0.25) is 0 Å². The van der Waals surface area contributed by atoms with Gasteiger partial charge in [-0.15, -0.1) is 0 Å². The molecule has 0 rings (SSSR count). The molecule has 0 saturated carbocycles. The van der Waals surface area contributed by atoms with Crippen LogP contribution in [0.5, 0.6) is 0 Å². The highest BCUT2D eigenvalue weighted by atomic mass is 16.5. The zero-order chi connectivity index (χ0) is 14.0. The summed E-state index contributed by atoms with van der Waals surface area (Å²) in [6.07, 6.45) is 1.40. The standard InChI is InChI=1S/C12H24N2O4/c1-4-6-7-14(3)12(17)13-9-10(18-5-2)8-11(15)16/h10H,4-9H2,1-3H3,(H,13,17)(H,15,16). The zero-order valence-corrected chi connectivity index (χ0v) is 11.4. The Bertz CT molecular complexity index is 258. The predicted molar refractivity (Wildman–Crippen MR) is 68.6 cm³/mol.